The molecule has 1 aromatic heterocycles. The minimum Gasteiger partial charge on any atom is -0.478 e. The molecule has 2 aromatic rings. The molecule has 0 unspecified atom stereocenters. The molecular formula is C13H11NO4. The number of fused-ring (bicyclic) bond motifs is 1. The summed E-state index contributed by atoms with van der Waals surface area (Å²) >= 11 is 0. The van der Waals surface area contributed by atoms with Crippen molar-refractivity contribution < 1.29 is 19.4 Å². The van der Waals surface area contributed by atoms with E-state index in [1.807, 2.05) is 0 Å². The van der Waals surface area contributed by atoms with Gasteiger partial charge < -0.3 is 14.8 Å². The number of aliphatic carboxylic acids is 1. The Morgan fingerprint density at radius 1 is 1.39 bits per heavy atom. The second kappa shape index (κ2) is 4.75. The van der Waals surface area contributed by atoms with Crippen LogP contribution in [0, 0.1) is 0 Å². The zero-order valence-electron chi connectivity index (χ0n) is 9.64. The van der Waals surface area contributed by atoms with Crippen LogP contribution in [0.25, 0.3) is 17.0 Å². The minimum atomic E-state index is -1.00. The predicted octanol–water partition coefficient (Wildman–Crippen LogP) is 2.05. The molecule has 0 bridgehead atoms. The molecule has 0 amide bonds. The van der Waals surface area contributed by atoms with E-state index in [-0.39, 0.29) is 0 Å². The Morgan fingerprint density at radius 3 is 2.83 bits per heavy atom. The van der Waals surface area contributed by atoms with Crippen LogP contribution >= 0.6 is 0 Å². The smallest absolute Gasteiger partial charge is 0.337 e. The highest BCUT2D eigenvalue weighted by atomic mass is 16.5. The number of ether oxygens (including phenoxy) is 1. The average Bonchev–Trinajstić information content (AvgIpc) is 2.77. The lowest BCUT2D eigenvalue weighted by atomic mass is 10.1. The van der Waals surface area contributed by atoms with E-state index in [0.29, 0.717) is 5.56 Å². The Bertz CT molecular complexity index is 639. The number of aromatic nitrogens is 1. The maximum absolute atomic E-state index is 11.4. The molecule has 5 heteroatoms. The molecule has 0 radical (unpaired) electrons. The summed E-state index contributed by atoms with van der Waals surface area (Å²) in [4.78, 5) is 24.8. The molecule has 0 saturated heterocycles. The molecule has 92 valence electrons. The van der Waals surface area contributed by atoms with Gasteiger partial charge in [0.15, 0.2) is 0 Å². The number of esters is 1. The van der Waals surface area contributed by atoms with Crippen LogP contribution in [-0.4, -0.2) is 29.1 Å². The summed E-state index contributed by atoms with van der Waals surface area (Å²) in [6, 6.07) is 5.05. The maximum atomic E-state index is 11.4. The van der Waals surface area contributed by atoms with E-state index in [2.05, 4.69) is 9.72 Å². The lowest BCUT2D eigenvalue weighted by Gasteiger charge is -1.99. The largest absolute Gasteiger partial charge is 0.478 e. The lowest BCUT2D eigenvalue weighted by Crippen LogP contribution is -2.00. The van der Waals surface area contributed by atoms with E-state index in [1.165, 1.54) is 13.2 Å². The quantitative estimate of drug-likeness (QED) is 0.640. The van der Waals surface area contributed by atoms with E-state index in [1.54, 1.807) is 24.4 Å². The van der Waals surface area contributed by atoms with Gasteiger partial charge in [-0.25, -0.2) is 9.59 Å². The van der Waals surface area contributed by atoms with Crippen molar-refractivity contribution in [3.05, 3.63) is 41.6 Å². The van der Waals surface area contributed by atoms with Gasteiger partial charge in [0, 0.05) is 28.7 Å². The summed E-state index contributed by atoms with van der Waals surface area (Å²) in [6.07, 6.45) is 4.25. The standard InChI is InChI=1S/C13H11NO4/c1-18-13(17)8-2-4-10-9(3-5-12(15)16)7-14-11(10)6-8/h2-7,14H,1H3,(H,15,16)/b5-3+. The molecule has 5 nitrogen and oxygen atoms in total. The van der Waals surface area contributed by atoms with Gasteiger partial charge in [0.1, 0.15) is 0 Å². The lowest BCUT2D eigenvalue weighted by molar-refractivity contribution is -0.131. The van der Waals surface area contributed by atoms with Crippen molar-refractivity contribution in [2.45, 2.75) is 0 Å². The van der Waals surface area contributed by atoms with Crippen molar-refractivity contribution in [3.8, 4) is 0 Å². The molecule has 0 spiro atoms. The SMILES string of the molecule is COC(=O)c1ccc2c(/C=C/C(=O)O)c[nH]c2c1. The van der Waals surface area contributed by atoms with Crippen LogP contribution in [0.4, 0.5) is 0 Å². The van der Waals surface area contributed by atoms with E-state index in [4.69, 9.17) is 5.11 Å². The first kappa shape index (κ1) is 11.9. The van der Waals surface area contributed by atoms with E-state index in [0.717, 1.165) is 22.5 Å². The van der Waals surface area contributed by atoms with Crippen LogP contribution in [0.5, 0.6) is 0 Å². The summed E-state index contributed by atoms with van der Waals surface area (Å²) < 4.78 is 4.63. The summed E-state index contributed by atoms with van der Waals surface area (Å²) in [7, 11) is 1.32. The molecule has 0 aliphatic rings. The normalized spacial score (nSPS) is 10.9. The second-order valence-corrected chi connectivity index (χ2v) is 3.67. The molecular weight excluding hydrogens is 234 g/mol. The van der Waals surface area contributed by atoms with Crippen molar-refractivity contribution in [2.75, 3.05) is 7.11 Å². The van der Waals surface area contributed by atoms with Gasteiger partial charge in [-0.2, -0.15) is 0 Å². The summed E-state index contributed by atoms with van der Waals surface area (Å²) in [5, 5.41) is 9.42. The van der Waals surface area contributed by atoms with Crippen molar-refractivity contribution in [2.24, 2.45) is 0 Å². The number of nitrogens with one attached hydrogen (secondary N) is 1. The third-order valence-electron chi connectivity index (χ3n) is 2.54. The van der Waals surface area contributed by atoms with Gasteiger partial charge >= 0.3 is 11.9 Å². The van der Waals surface area contributed by atoms with Crippen molar-refractivity contribution in [1.29, 1.82) is 0 Å². The minimum absolute atomic E-state index is 0.408. The molecule has 18 heavy (non-hydrogen) atoms. The van der Waals surface area contributed by atoms with E-state index < -0.39 is 11.9 Å². The molecule has 0 aliphatic carbocycles. The molecule has 2 N–H and O–H groups in total. The zero-order chi connectivity index (χ0) is 13.1. The van der Waals surface area contributed by atoms with Gasteiger partial charge in [-0.05, 0) is 18.2 Å². The average molecular weight is 245 g/mol. The fraction of sp³-hybridized carbons (Fsp3) is 0.0769. The predicted molar refractivity (Wildman–Crippen MR) is 66.3 cm³/mol. The molecule has 0 fully saturated rings. The first-order chi connectivity index (χ1) is 8.61. The van der Waals surface area contributed by atoms with Gasteiger partial charge in [0.25, 0.3) is 0 Å². The third-order valence-corrected chi connectivity index (χ3v) is 2.54. The summed E-state index contributed by atoms with van der Waals surface area (Å²) in [5.41, 5.74) is 1.95. The third kappa shape index (κ3) is 2.24. The zero-order valence-corrected chi connectivity index (χ0v) is 9.64. The number of carbonyl (C=O) groups excluding carboxylic acids is 1. The number of aromatic amines is 1. The van der Waals surface area contributed by atoms with Crippen LogP contribution in [0.3, 0.4) is 0 Å². The Morgan fingerprint density at radius 2 is 2.17 bits per heavy atom. The van der Waals surface area contributed by atoms with E-state index in [9.17, 15) is 9.59 Å². The van der Waals surface area contributed by atoms with Crippen LogP contribution in [0.15, 0.2) is 30.5 Å². The van der Waals surface area contributed by atoms with Crippen molar-refractivity contribution in [1.82, 2.24) is 4.98 Å². The summed E-state index contributed by atoms with van der Waals surface area (Å²) in [6.45, 7) is 0. The molecule has 1 heterocycles. The van der Waals surface area contributed by atoms with Crippen molar-refractivity contribution in [3.63, 3.8) is 0 Å². The van der Waals surface area contributed by atoms with Crippen LogP contribution < -0.4 is 0 Å². The monoisotopic (exact) mass is 245 g/mol. The van der Waals surface area contributed by atoms with Gasteiger partial charge in [-0.1, -0.05) is 6.07 Å². The molecule has 0 atom stereocenters. The van der Waals surface area contributed by atoms with Crippen LogP contribution in [0.1, 0.15) is 15.9 Å². The number of rotatable bonds is 3. The highest BCUT2D eigenvalue weighted by Gasteiger charge is 2.08. The molecule has 1 aromatic carbocycles. The van der Waals surface area contributed by atoms with Gasteiger partial charge in [-0.3, -0.25) is 0 Å². The molecule has 2 rings (SSSR count). The number of carboxylic acids is 1. The van der Waals surface area contributed by atoms with Gasteiger partial charge in [0.2, 0.25) is 0 Å². The van der Waals surface area contributed by atoms with Gasteiger partial charge in [-0.15, -0.1) is 0 Å². The molecule has 0 aliphatic heterocycles. The number of hydrogen-bond donors (Lipinski definition) is 2. The summed E-state index contributed by atoms with van der Waals surface area (Å²) in [5.74, 6) is -1.41. The number of H-pyrrole nitrogens is 1. The second-order valence-electron chi connectivity index (χ2n) is 3.67. The number of carbonyl (C=O) groups is 2. The van der Waals surface area contributed by atoms with Gasteiger partial charge in [0.05, 0.1) is 12.7 Å². The highest BCUT2D eigenvalue weighted by molar-refractivity contribution is 5.98. The van der Waals surface area contributed by atoms with E-state index >= 15 is 0 Å². The van der Waals surface area contributed by atoms with Crippen LogP contribution in [-0.2, 0) is 9.53 Å². The van der Waals surface area contributed by atoms with Crippen molar-refractivity contribution >= 4 is 28.9 Å². The number of hydrogen-bond acceptors (Lipinski definition) is 3. The highest BCUT2D eigenvalue weighted by Crippen LogP contribution is 2.21. The first-order valence-corrected chi connectivity index (χ1v) is 5.22. The fourth-order valence-corrected chi connectivity index (χ4v) is 1.69. The first-order valence-electron chi connectivity index (χ1n) is 5.22. The number of carboxylic acid groups (broad SMARTS) is 1. The number of benzene rings is 1. The Hall–Kier alpha value is -2.56. The topological polar surface area (TPSA) is 79.4 Å². The van der Waals surface area contributed by atoms with Crippen LogP contribution in [0.2, 0.25) is 0 Å². The number of methoxy groups -OCH3 is 1. The Balaban J connectivity index is 2.43. The Kier molecular flexibility index (Phi) is 3.14. The Labute approximate surface area is 103 Å². The molecule has 0 saturated carbocycles. The fourth-order valence-electron chi connectivity index (χ4n) is 1.69. The maximum Gasteiger partial charge on any atom is 0.337 e.